The highest BCUT2D eigenvalue weighted by Crippen LogP contribution is 2.32. The predicted octanol–water partition coefficient (Wildman–Crippen LogP) is 4.38. The lowest BCUT2D eigenvalue weighted by Crippen LogP contribution is -2.46. The molecule has 0 bridgehead atoms. The van der Waals surface area contributed by atoms with Crippen LogP contribution in [0.1, 0.15) is 43.0 Å². The van der Waals surface area contributed by atoms with Crippen LogP contribution in [0, 0.1) is 19.8 Å². The highest BCUT2D eigenvalue weighted by atomic mass is 16.2. The minimum absolute atomic E-state index is 0.0608. The van der Waals surface area contributed by atoms with Crippen molar-refractivity contribution in [3.8, 4) is 0 Å². The van der Waals surface area contributed by atoms with Gasteiger partial charge in [-0.2, -0.15) is 0 Å². The van der Waals surface area contributed by atoms with Crippen LogP contribution in [-0.4, -0.2) is 38.3 Å². The molecule has 8 heteroatoms. The fourth-order valence-corrected chi connectivity index (χ4v) is 4.18. The van der Waals surface area contributed by atoms with Crippen LogP contribution in [-0.2, 0) is 16.1 Å². The van der Waals surface area contributed by atoms with Crippen molar-refractivity contribution in [2.45, 2.75) is 46.7 Å². The summed E-state index contributed by atoms with van der Waals surface area (Å²) in [6.07, 6.45) is 4.12. The van der Waals surface area contributed by atoms with Gasteiger partial charge in [-0.15, -0.1) is 5.10 Å². The van der Waals surface area contributed by atoms with E-state index >= 15 is 0 Å². The van der Waals surface area contributed by atoms with Crippen molar-refractivity contribution >= 4 is 28.5 Å². The van der Waals surface area contributed by atoms with Crippen LogP contribution in [0.15, 0.2) is 67.0 Å². The molecule has 0 saturated carbocycles. The number of pyridine rings is 1. The molecule has 0 spiro atoms. The number of para-hydroxylation sites is 1. The monoisotopic (exact) mass is 484 g/mol. The Morgan fingerprint density at radius 2 is 1.78 bits per heavy atom. The van der Waals surface area contributed by atoms with Gasteiger partial charge in [0, 0.05) is 24.6 Å². The molecule has 4 rings (SSSR count). The number of nitrogens with one attached hydrogen (secondary N) is 1. The van der Waals surface area contributed by atoms with Crippen LogP contribution in [0.5, 0.6) is 0 Å². The molecule has 8 nitrogen and oxygen atoms in total. The van der Waals surface area contributed by atoms with E-state index in [0.717, 1.165) is 23.1 Å². The molecule has 0 aliphatic carbocycles. The minimum atomic E-state index is -0.872. The number of aryl methyl sites for hydroxylation is 2. The van der Waals surface area contributed by atoms with Crippen LogP contribution < -0.4 is 10.2 Å². The second-order valence-electron chi connectivity index (χ2n) is 9.45. The average molecular weight is 485 g/mol. The second kappa shape index (κ2) is 11.1. The Labute approximate surface area is 211 Å². The van der Waals surface area contributed by atoms with Crippen molar-refractivity contribution in [3.63, 3.8) is 0 Å². The first kappa shape index (κ1) is 25.0. The molecule has 1 atom stereocenters. The minimum Gasteiger partial charge on any atom is -0.354 e. The van der Waals surface area contributed by atoms with Gasteiger partial charge in [-0.1, -0.05) is 43.3 Å². The van der Waals surface area contributed by atoms with Gasteiger partial charge >= 0.3 is 0 Å². The van der Waals surface area contributed by atoms with E-state index in [1.165, 1.54) is 0 Å². The third-order valence-electron chi connectivity index (χ3n) is 6.15. The zero-order chi connectivity index (χ0) is 25.7. The molecule has 2 aromatic heterocycles. The standard InChI is InChI=1S/C28H32N6O2/c1-19(2)11-16-30-28(36)27(22-12-14-29-15-13-22)34(25-17-20(3)9-10-21(25)4)26(35)18-33-24-8-6-5-7-23(24)31-32-33/h5-10,12-15,17,19,27H,11,16,18H2,1-4H3,(H,30,36). The maximum Gasteiger partial charge on any atom is 0.249 e. The Morgan fingerprint density at radius 3 is 2.53 bits per heavy atom. The van der Waals surface area contributed by atoms with Crippen molar-refractivity contribution in [1.29, 1.82) is 0 Å². The van der Waals surface area contributed by atoms with Crippen molar-refractivity contribution in [2.24, 2.45) is 5.92 Å². The number of carbonyl (C=O) groups excluding carboxylic acids is 2. The second-order valence-corrected chi connectivity index (χ2v) is 9.45. The summed E-state index contributed by atoms with van der Waals surface area (Å²) in [7, 11) is 0. The molecule has 186 valence electrons. The lowest BCUT2D eigenvalue weighted by molar-refractivity contribution is -0.127. The number of rotatable bonds is 9. The molecule has 0 aliphatic heterocycles. The van der Waals surface area contributed by atoms with Gasteiger partial charge < -0.3 is 5.32 Å². The molecule has 2 heterocycles. The maximum absolute atomic E-state index is 14.1. The van der Waals surface area contributed by atoms with Gasteiger partial charge in [-0.3, -0.25) is 19.5 Å². The zero-order valence-corrected chi connectivity index (χ0v) is 21.2. The van der Waals surface area contributed by atoms with Gasteiger partial charge in [-0.25, -0.2) is 4.68 Å². The average Bonchev–Trinajstić information content (AvgIpc) is 3.27. The number of carbonyl (C=O) groups is 2. The van der Waals surface area contributed by atoms with Gasteiger partial charge in [0.1, 0.15) is 18.1 Å². The molecule has 1 N–H and O–H groups in total. The van der Waals surface area contributed by atoms with Crippen molar-refractivity contribution < 1.29 is 9.59 Å². The first-order valence-corrected chi connectivity index (χ1v) is 12.2. The molecule has 2 aromatic carbocycles. The van der Waals surface area contributed by atoms with Crippen LogP contribution in [0.2, 0.25) is 0 Å². The first-order valence-electron chi connectivity index (χ1n) is 12.2. The molecule has 0 saturated heterocycles. The van der Waals surface area contributed by atoms with E-state index in [1.807, 2.05) is 56.3 Å². The van der Waals surface area contributed by atoms with Crippen molar-refractivity contribution in [3.05, 3.63) is 83.7 Å². The van der Waals surface area contributed by atoms with E-state index in [4.69, 9.17) is 0 Å². The molecule has 2 amide bonds. The quantitative estimate of drug-likeness (QED) is 0.381. The lowest BCUT2D eigenvalue weighted by Gasteiger charge is -2.33. The van der Waals surface area contributed by atoms with Gasteiger partial charge in [-0.05, 0) is 73.2 Å². The van der Waals surface area contributed by atoms with E-state index in [-0.39, 0.29) is 18.4 Å². The number of anilines is 1. The summed E-state index contributed by atoms with van der Waals surface area (Å²) in [5.41, 5.74) is 4.73. The summed E-state index contributed by atoms with van der Waals surface area (Å²) in [4.78, 5) is 33.5. The van der Waals surface area contributed by atoms with Crippen LogP contribution >= 0.6 is 0 Å². The third-order valence-corrected chi connectivity index (χ3v) is 6.15. The normalized spacial score (nSPS) is 12.0. The SMILES string of the molecule is Cc1ccc(C)c(N(C(=O)Cn2nnc3ccccc32)C(C(=O)NCCC(C)C)c2ccncc2)c1. The Hall–Kier alpha value is -4.07. The largest absolute Gasteiger partial charge is 0.354 e. The van der Waals surface area contributed by atoms with E-state index in [2.05, 4.69) is 34.5 Å². The van der Waals surface area contributed by atoms with Crippen LogP contribution in [0.3, 0.4) is 0 Å². The summed E-state index contributed by atoms with van der Waals surface area (Å²) in [5, 5.41) is 11.4. The first-order chi connectivity index (χ1) is 17.3. The maximum atomic E-state index is 14.1. The fraction of sp³-hybridized carbons (Fsp3) is 0.321. The predicted molar refractivity (Wildman–Crippen MR) is 140 cm³/mol. The molecule has 0 aliphatic rings. The molecule has 1 unspecified atom stereocenters. The molecule has 0 fully saturated rings. The highest BCUT2D eigenvalue weighted by molar-refractivity contribution is 6.02. The smallest absolute Gasteiger partial charge is 0.249 e. The Kier molecular flexibility index (Phi) is 7.73. The van der Waals surface area contributed by atoms with Gasteiger partial charge in [0.05, 0.1) is 5.52 Å². The topological polar surface area (TPSA) is 93.0 Å². The number of aromatic nitrogens is 4. The molecule has 0 radical (unpaired) electrons. The summed E-state index contributed by atoms with van der Waals surface area (Å²) in [6.45, 7) is 8.61. The summed E-state index contributed by atoms with van der Waals surface area (Å²) < 4.78 is 1.58. The summed E-state index contributed by atoms with van der Waals surface area (Å²) in [5.74, 6) is -0.0539. The van der Waals surface area contributed by atoms with E-state index in [0.29, 0.717) is 29.2 Å². The van der Waals surface area contributed by atoms with E-state index < -0.39 is 6.04 Å². The number of hydrogen-bond acceptors (Lipinski definition) is 5. The Morgan fingerprint density at radius 1 is 1.03 bits per heavy atom. The fourth-order valence-electron chi connectivity index (χ4n) is 4.18. The zero-order valence-electron chi connectivity index (χ0n) is 21.2. The van der Waals surface area contributed by atoms with E-state index in [9.17, 15) is 9.59 Å². The van der Waals surface area contributed by atoms with Gasteiger partial charge in [0.15, 0.2) is 0 Å². The molecular formula is C28H32N6O2. The Bertz CT molecular complexity index is 1350. The molecule has 4 aromatic rings. The van der Waals surface area contributed by atoms with Gasteiger partial charge in [0.2, 0.25) is 11.8 Å². The number of amides is 2. The molecular weight excluding hydrogens is 452 g/mol. The van der Waals surface area contributed by atoms with Crippen LogP contribution in [0.25, 0.3) is 11.0 Å². The van der Waals surface area contributed by atoms with Crippen LogP contribution in [0.4, 0.5) is 5.69 Å². The number of hydrogen-bond donors (Lipinski definition) is 1. The number of nitrogens with zero attached hydrogens (tertiary/aromatic N) is 5. The van der Waals surface area contributed by atoms with Crippen molar-refractivity contribution in [1.82, 2.24) is 25.3 Å². The summed E-state index contributed by atoms with van der Waals surface area (Å²) in [6, 6.07) is 16.1. The number of benzene rings is 2. The van der Waals surface area contributed by atoms with Gasteiger partial charge in [0.25, 0.3) is 0 Å². The number of fused-ring (bicyclic) bond motifs is 1. The summed E-state index contributed by atoms with van der Waals surface area (Å²) >= 11 is 0. The molecule has 36 heavy (non-hydrogen) atoms. The Balaban J connectivity index is 1.78. The van der Waals surface area contributed by atoms with Crippen molar-refractivity contribution in [2.75, 3.05) is 11.4 Å². The highest BCUT2D eigenvalue weighted by Gasteiger charge is 2.34. The third kappa shape index (κ3) is 5.59. The lowest BCUT2D eigenvalue weighted by atomic mass is 10.0. The van der Waals surface area contributed by atoms with E-state index in [1.54, 1.807) is 34.1 Å².